The average Bonchev–Trinajstić information content (AvgIpc) is 3.81. The van der Waals surface area contributed by atoms with Crippen molar-refractivity contribution in [2.45, 2.75) is 62.7 Å². The molecule has 46 heavy (non-hydrogen) atoms. The highest BCUT2D eigenvalue weighted by Crippen LogP contribution is 2.56. The van der Waals surface area contributed by atoms with Crippen molar-refractivity contribution in [2.75, 3.05) is 39.6 Å². The minimum Gasteiger partial charge on any atom is -0.495 e. The molecule has 2 amide bonds. The van der Waals surface area contributed by atoms with Gasteiger partial charge in [-0.05, 0) is 93.4 Å². The van der Waals surface area contributed by atoms with E-state index in [4.69, 9.17) is 4.74 Å². The Kier molecular flexibility index (Phi) is 7.26. The number of benzene rings is 2. The number of ether oxygens (including phenoxy) is 1. The lowest BCUT2D eigenvalue weighted by Crippen LogP contribution is -2.58. The van der Waals surface area contributed by atoms with Crippen LogP contribution in [0.15, 0.2) is 42.6 Å². The summed E-state index contributed by atoms with van der Waals surface area (Å²) < 4.78 is 47.9. The molecule has 3 aromatic rings. The van der Waals surface area contributed by atoms with E-state index in [1.54, 1.807) is 42.3 Å². The number of aromatic nitrogens is 2. The summed E-state index contributed by atoms with van der Waals surface area (Å²) in [5.74, 6) is -0.113. The van der Waals surface area contributed by atoms with Gasteiger partial charge < -0.3 is 25.2 Å². The Hall–Kier alpha value is -4.19. The number of hydrogen-bond donors (Lipinski definition) is 2. The lowest BCUT2D eigenvalue weighted by molar-refractivity contribution is -0.138. The molecule has 3 heterocycles. The van der Waals surface area contributed by atoms with Gasteiger partial charge in [-0.15, -0.1) is 0 Å². The number of nitrogens with zero attached hydrogens (tertiary/aromatic N) is 4. The number of fused-ring (bicyclic) bond motifs is 2. The molecule has 1 unspecified atom stereocenters. The zero-order valence-corrected chi connectivity index (χ0v) is 26.1. The van der Waals surface area contributed by atoms with Crippen molar-refractivity contribution in [3.8, 4) is 5.75 Å². The molecule has 4 aliphatic rings. The van der Waals surface area contributed by atoms with E-state index in [9.17, 15) is 22.8 Å². The third-order valence-electron chi connectivity index (χ3n) is 10.7. The van der Waals surface area contributed by atoms with E-state index in [0.29, 0.717) is 28.1 Å². The molecular weight excluding hydrogens is 597 g/mol. The molecule has 0 bridgehead atoms. The normalized spacial score (nSPS) is 21.2. The topological polar surface area (TPSA) is 99.7 Å². The highest BCUT2D eigenvalue weighted by Gasteiger charge is 2.56. The van der Waals surface area contributed by atoms with Crippen molar-refractivity contribution < 1.29 is 27.5 Å². The minimum atomic E-state index is -4.69. The molecular formula is C34H37F3N6O3. The summed E-state index contributed by atoms with van der Waals surface area (Å²) >= 11 is 0. The average molecular weight is 635 g/mol. The van der Waals surface area contributed by atoms with Crippen molar-refractivity contribution in [1.29, 1.82) is 0 Å². The van der Waals surface area contributed by atoms with E-state index in [2.05, 4.69) is 32.5 Å². The van der Waals surface area contributed by atoms with Gasteiger partial charge in [0.1, 0.15) is 5.75 Å². The van der Waals surface area contributed by atoms with Crippen LogP contribution in [0.3, 0.4) is 0 Å². The minimum absolute atomic E-state index is 0.0631. The second kappa shape index (κ2) is 11.0. The summed E-state index contributed by atoms with van der Waals surface area (Å²) in [4.78, 5) is 38.7. The van der Waals surface area contributed by atoms with Crippen LogP contribution < -0.4 is 15.4 Å². The summed E-state index contributed by atoms with van der Waals surface area (Å²) in [6.07, 6.45) is 1.75. The predicted molar refractivity (Wildman–Crippen MR) is 165 cm³/mol. The first kappa shape index (κ1) is 30.5. The monoisotopic (exact) mass is 634 g/mol. The molecule has 2 N–H and O–H groups in total. The molecule has 2 saturated carbocycles. The van der Waals surface area contributed by atoms with Gasteiger partial charge in [-0.3, -0.25) is 9.59 Å². The Morgan fingerprint density at radius 1 is 1.09 bits per heavy atom. The second-order valence-corrected chi connectivity index (χ2v) is 13.2. The molecule has 242 valence electrons. The smallest absolute Gasteiger partial charge is 0.419 e. The number of methoxy groups -OCH3 is 1. The van der Waals surface area contributed by atoms with E-state index >= 15 is 0 Å². The molecule has 0 radical (unpaired) electrons. The molecule has 2 spiro atoms. The SMILES string of the molecule is COc1cc(C(=O)NC2CCC23CCN(C)CC3)ccc1Nc1ncc(C(F)(F)F)c(Cc2cccc3c2C(=O)N(C)C32CC2)n1. The molecule has 12 heteroatoms. The van der Waals surface area contributed by atoms with Crippen molar-refractivity contribution >= 4 is 23.5 Å². The van der Waals surface area contributed by atoms with Gasteiger partial charge in [0.15, 0.2) is 0 Å². The number of carbonyl (C=O) groups excluding carboxylic acids is 2. The van der Waals surface area contributed by atoms with Crippen LogP contribution in [0.2, 0.25) is 0 Å². The maximum atomic E-state index is 14.1. The number of hydrogen-bond acceptors (Lipinski definition) is 7. The summed E-state index contributed by atoms with van der Waals surface area (Å²) in [7, 11) is 5.32. The van der Waals surface area contributed by atoms with Gasteiger partial charge in [-0.25, -0.2) is 9.97 Å². The number of anilines is 2. The summed E-state index contributed by atoms with van der Waals surface area (Å²) in [5, 5.41) is 6.19. The number of rotatable bonds is 7. The van der Waals surface area contributed by atoms with Crippen LogP contribution >= 0.6 is 0 Å². The van der Waals surface area contributed by atoms with Gasteiger partial charge in [0.25, 0.3) is 11.8 Å². The molecule has 1 saturated heterocycles. The first-order valence-electron chi connectivity index (χ1n) is 15.7. The van der Waals surface area contributed by atoms with Gasteiger partial charge in [0.2, 0.25) is 5.95 Å². The number of piperidine rings is 1. The molecule has 1 atom stereocenters. The Labute approximate surface area is 265 Å². The van der Waals surface area contributed by atoms with Crippen LogP contribution in [0.25, 0.3) is 0 Å². The number of nitrogens with one attached hydrogen (secondary N) is 2. The third kappa shape index (κ3) is 5.06. The number of amides is 2. The molecule has 1 aromatic heterocycles. The van der Waals surface area contributed by atoms with Gasteiger partial charge in [-0.2, -0.15) is 13.2 Å². The molecule has 2 aromatic carbocycles. The molecule has 2 aliphatic carbocycles. The summed E-state index contributed by atoms with van der Waals surface area (Å²) in [6, 6.07) is 10.4. The number of halogens is 3. The number of carbonyl (C=O) groups is 2. The van der Waals surface area contributed by atoms with Crippen molar-refractivity contribution in [3.05, 3.63) is 76.1 Å². The number of alkyl halides is 3. The molecule has 7 rings (SSSR count). The zero-order chi connectivity index (χ0) is 32.4. The molecule has 2 aliphatic heterocycles. The van der Waals surface area contributed by atoms with Crippen molar-refractivity contribution in [3.63, 3.8) is 0 Å². The highest BCUT2D eigenvalue weighted by atomic mass is 19.4. The Morgan fingerprint density at radius 3 is 2.50 bits per heavy atom. The maximum Gasteiger partial charge on any atom is 0.419 e. The molecule has 3 fully saturated rings. The number of likely N-dealkylation sites (tertiary alicyclic amines) is 1. The van der Waals surface area contributed by atoms with Gasteiger partial charge in [-0.1, -0.05) is 18.2 Å². The lowest BCUT2D eigenvalue weighted by atomic mass is 9.59. The lowest BCUT2D eigenvalue weighted by Gasteiger charge is -2.53. The second-order valence-electron chi connectivity index (χ2n) is 13.2. The first-order valence-corrected chi connectivity index (χ1v) is 15.7. The van der Waals surface area contributed by atoms with Crippen LogP contribution in [0.5, 0.6) is 5.75 Å². The molecule has 9 nitrogen and oxygen atoms in total. The van der Waals surface area contributed by atoms with Gasteiger partial charge in [0, 0.05) is 36.8 Å². The third-order valence-corrected chi connectivity index (χ3v) is 10.7. The largest absolute Gasteiger partial charge is 0.495 e. The van der Waals surface area contributed by atoms with E-state index in [0.717, 1.165) is 63.4 Å². The summed E-state index contributed by atoms with van der Waals surface area (Å²) in [6.45, 7) is 2.05. The quantitative estimate of drug-likeness (QED) is 0.353. The predicted octanol–water partition coefficient (Wildman–Crippen LogP) is 5.52. The summed E-state index contributed by atoms with van der Waals surface area (Å²) in [5.41, 5.74) is 1.24. The van der Waals surface area contributed by atoms with Crippen molar-refractivity contribution in [2.24, 2.45) is 5.41 Å². The van der Waals surface area contributed by atoms with Crippen LogP contribution in [0, 0.1) is 5.41 Å². The zero-order valence-electron chi connectivity index (χ0n) is 26.1. The van der Waals surface area contributed by atoms with E-state index < -0.39 is 11.7 Å². The van der Waals surface area contributed by atoms with E-state index in [1.165, 1.54) is 7.11 Å². The highest BCUT2D eigenvalue weighted by molar-refractivity contribution is 6.02. The fraction of sp³-hybridized carbons (Fsp3) is 0.471. The Morgan fingerprint density at radius 2 is 1.85 bits per heavy atom. The first-order chi connectivity index (χ1) is 21.9. The fourth-order valence-corrected chi connectivity index (χ4v) is 7.57. The van der Waals surface area contributed by atoms with Crippen LogP contribution in [0.4, 0.5) is 24.8 Å². The van der Waals surface area contributed by atoms with E-state index in [-0.39, 0.29) is 46.9 Å². The fourth-order valence-electron chi connectivity index (χ4n) is 7.57. The van der Waals surface area contributed by atoms with Crippen molar-refractivity contribution in [1.82, 2.24) is 25.1 Å². The van der Waals surface area contributed by atoms with Crippen LogP contribution in [-0.2, 0) is 18.1 Å². The standard InChI is InChI=1S/C34H37F3N6O3/c1-42-15-13-32(14-16-42)10-9-27(32)41-29(44)21-7-8-24(26(18-21)46-3)39-31-38-19-23(34(35,36)37)25(40-31)17-20-5-4-6-22-28(20)30(45)43(2)33(22)11-12-33/h4-8,18-19,27H,9-17H2,1-3H3,(H,41,44)(H,38,39,40). The van der Waals surface area contributed by atoms with Crippen LogP contribution in [0.1, 0.15) is 81.6 Å². The van der Waals surface area contributed by atoms with Gasteiger partial charge in [0.05, 0.1) is 29.6 Å². The van der Waals surface area contributed by atoms with Gasteiger partial charge >= 0.3 is 6.18 Å². The Bertz CT molecular complexity index is 1710. The van der Waals surface area contributed by atoms with Crippen LogP contribution in [-0.4, -0.2) is 71.9 Å². The van der Waals surface area contributed by atoms with E-state index in [1.807, 2.05) is 6.07 Å². The Balaban J connectivity index is 1.12. The maximum absolute atomic E-state index is 14.1.